The van der Waals surface area contributed by atoms with Crippen LogP contribution in [0.25, 0.3) is 5.65 Å². The number of hydrogen-bond acceptors (Lipinski definition) is 2. The molecular weight excluding hydrogens is 246 g/mol. The lowest BCUT2D eigenvalue weighted by molar-refractivity contribution is 0.895. The maximum Gasteiger partial charge on any atom is 0.156 e. The number of fused-ring (bicyclic) bond motifs is 1. The molecule has 0 fully saturated rings. The molecule has 0 radical (unpaired) electrons. The number of pyridine rings is 1. The molecular formula is C14H12ClN3. The van der Waals surface area contributed by atoms with Crippen LogP contribution in [0.1, 0.15) is 17.0 Å². The summed E-state index contributed by atoms with van der Waals surface area (Å²) in [5.41, 5.74) is 3.16. The Hall–Kier alpha value is -1.87. The Morgan fingerprint density at radius 1 is 1.22 bits per heavy atom. The summed E-state index contributed by atoms with van der Waals surface area (Å²) in [6.07, 6.45) is 2.67. The zero-order valence-corrected chi connectivity index (χ0v) is 10.7. The highest BCUT2D eigenvalue weighted by Crippen LogP contribution is 2.14. The van der Waals surface area contributed by atoms with Crippen LogP contribution in [-0.2, 0) is 6.42 Å². The minimum absolute atomic E-state index is 0.696. The molecule has 0 saturated heterocycles. The third kappa shape index (κ3) is 2.22. The number of hydrogen-bond donors (Lipinski definition) is 0. The first-order chi connectivity index (χ1) is 8.70. The highest BCUT2D eigenvalue weighted by Gasteiger charge is 2.05. The summed E-state index contributed by atoms with van der Waals surface area (Å²) in [6.45, 7) is 2.04. The van der Waals surface area contributed by atoms with Crippen LogP contribution < -0.4 is 0 Å². The van der Waals surface area contributed by atoms with Crippen LogP contribution in [0.5, 0.6) is 0 Å². The van der Waals surface area contributed by atoms with Gasteiger partial charge in [-0.3, -0.25) is 0 Å². The van der Waals surface area contributed by atoms with E-state index in [1.54, 1.807) is 0 Å². The molecule has 0 aliphatic rings. The lowest BCUT2D eigenvalue weighted by Crippen LogP contribution is -1.92. The first-order valence-electron chi connectivity index (χ1n) is 5.77. The topological polar surface area (TPSA) is 30.2 Å². The SMILES string of the molecule is Cc1ccc2nc(Cc3cccc(Cl)c3)nn2c1. The van der Waals surface area contributed by atoms with Crippen molar-refractivity contribution in [2.75, 3.05) is 0 Å². The lowest BCUT2D eigenvalue weighted by Gasteiger charge is -1.97. The Labute approximate surface area is 110 Å². The van der Waals surface area contributed by atoms with Crippen LogP contribution in [0.15, 0.2) is 42.6 Å². The fourth-order valence-electron chi connectivity index (χ4n) is 1.94. The second-order valence-electron chi connectivity index (χ2n) is 4.34. The van der Waals surface area contributed by atoms with Crippen molar-refractivity contribution in [3.05, 3.63) is 64.6 Å². The molecule has 0 unspecified atom stereocenters. The number of rotatable bonds is 2. The average molecular weight is 258 g/mol. The van der Waals surface area contributed by atoms with Gasteiger partial charge in [0.2, 0.25) is 0 Å². The summed E-state index contributed by atoms with van der Waals surface area (Å²) in [7, 11) is 0. The molecule has 3 rings (SSSR count). The fraction of sp³-hybridized carbons (Fsp3) is 0.143. The number of aromatic nitrogens is 3. The molecule has 0 aliphatic carbocycles. The van der Waals surface area contributed by atoms with Crippen molar-refractivity contribution in [2.45, 2.75) is 13.3 Å². The minimum Gasteiger partial charge on any atom is -0.221 e. The van der Waals surface area contributed by atoms with Gasteiger partial charge >= 0.3 is 0 Å². The van der Waals surface area contributed by atoms with Crippen molar-refractivity contribution in [3.8, 4) is 0 Å². The van der Waals surface area contributed by atoms with Gasteiger partial charge in [0, 0.05) is 17.6 Å². The van der Waals surface area contributed by atoms with E-state index in [1.165, 1.54) is 5.56 Å². The van der Waals surface area contributed by atoms with E-state index < -0.39 is 0 Å². The maximum absolute atomic E-state index is 5.96. The normalized spacial score (nSPS) is 11.0. The predicted octanol–water partition coefficient (Wildman–Crippen LogP) is 3.28. The van der Waals surface area contributed by atoms with Gasteiger partial charge < -0.3 is 0 Å². The molecule has 4 heteroatoms. The molecule has 0 amide bonds. The zero-order valence-electron chi connectivity index (χ0n) is 9.97. The molecule has 0 aliphatic heterocycles. The van der Waals surface area contributed by atoms with Gasteiger partial charge in [0.1, 0.15) is 0 Å². The van der Waals surface area contributed by atoms with E-state index >= 15 is 0 Å². The quantitative estimate of drug-likeness (QED) is 0.705. The second kappa shape index (κ2) is 4.42. The minimum atomic E-state index is 0.696. The van der Waals surface area contributed by atoms with Crippen LogP contribution in [0.3, 0.4) is 0 Å². The number of halogens is 1. The molecule has 90 valence electrons. The number of benzene rings is 1. The van der Waals surface area contributed by atoms with Crippen molar-refractivity contribution in [1.82, 2.24) is 14.6 Å². The van der Waals surface area contributed by atoms with E-state index in [9.17, 15) is 0 Å². The third-order valence-electron chi connectivity index (χ3n) is 2.77. The molecule has 2 aromatic heterocycles. The van der Waals surface area contributed by atoms with Gasteiger partial charge in [-0.2, -0.15) is 5.10 Å². The molecule has 3 aromatic rings. The maximum atomic E-state index is 5.96. The molecule has 0 N–H and O–H groups in total. The number of nitrogens with zero attached hydrogens (tertiary/aromatic N) is 3. The summed E-state index contributed by atoms with van der Waals surface area (Å²) < 4.78 is 1.81. The zero-order chi connectivity index (χ0) is 12.5. The highest BCUT2D eigenvalue weighted by molar-refractivity contribution is 6.30. The monoisotopic (exact) mass is 257 g/mol. The van der Waals surface area contributed by atoms with Gasteiger partial charge in [0.25, 0.3) is 0 Å². The summed E-state index contributed by atoms with van der Waals surface area (Å²) >= 11 is 5.96. The van der Waals surface area contributed by atoms with Crippen LogP contribution in [0.4, 0.5) is 0 Å². The second-order valence-corrected chi connectivity index (χ2v) is 4.78. The Morgan fingerprint density at radius 3 is 2.94 bits per heavy atom. The smallest absolute Gasteiger partial charge is 0.156 e. The number of aryl methyl sites for hydroxylation is 1. The van der Waals surface area contributed by atoms with Crippen molar-refractivity contribution in [3.63, 3.8) is 0 Å². The van der Waals surface area contributed by atoms with Crippen LogP contribution >= 0.6 is 11.6 Å². The van der Waals surface area contributed by atoms with Gasteiger partial charge in [0.15, 0.2) is 11.5 Å². The van der Waals surface area contributed by atoms with Crippen LogP contribution in [0, 0.1) is 6.92 Å². The Balaban J connectivity index is 1.95. The summed E-state index contributed by atoms with van der Waals surface area (Å²) in [6, 6.07) is 11.8. The van der Waals surface area contributed by atoms with Gasteiger partial charge in [-0.1, -0.05) is 29.8 Å². The van der Waals surface area contributed by atoms with Crippen molar-refractivity contribution < 1.29 is 0 Å². The predicted molar refractivity (Wildman–Crippen MR) is 72.0 cm³/mol. The summed E-state index contributed by atoms with van der Waals surface area (Å²) in [5.74, 6) is 0.808. The first-order valence-corrected chi connectivity index (χ1v) is 6.15. The summed E-state index contributed by atoms with van der Waals surface area (Å²) in [4.78, 5) is 4.49. The largest absolute Gasteiger partial charge is 0.221 e. The van der Waals surface area contributed by atoms with E-state index in [1.807, 2.05) is 54.0 Å². The first kappa shape index (κ1) is 11.2. The lowest BCUT2D eigenvalue weighted by atomic mass is 10.1. The van der Waals surface area contributed by atoms with Gasteiger partial charge in [0.05, 0.1) is 0 Å². The molecule has 3 nitrogen and oxygen atoms in total. The Morgan fingerprint density at radius 2 is 2.11 bits per heavy atom. The average Bonchev–Trinajstić information content (AvgIpc) is 2.70. The van der Waals surface area contributed by atoms with Crippen molar-refractivity contribution in [2.24, 2.45) is 0 Å². The Bertz CT molecular complexity index is 703. The molecule has 18 heavy (non-hydrogen) atoms. The van der Waals surface area contributed by atoms with Crippen LogP contribution in [-0.4, -0.2) is 14.6 Å². The van der Waals surface area contributed by atoms with E-state index in [0.29, 0.717) is 6.42 Å². The van der Waals surface area contributed by atoms with Crippen molar-refractivity contribution >= 4 is 17.2 Å². The van der Waals surface area contributed by atoms with Crippen LogP contribution in [0.2, 0.25) is 5.02 Å². The molecule has 0 spiro atoms. The van der Waals surface area contributed by atoms with Crippen molar-refractivity contribution in [1.29, 1.82) is 0 Å². The highest BCUT2D eigenvalue weighted by atomic mass is 35.5. The molecule has 0 bridgehead atoms. The van der Waals surface area contributed by atoms with Gasteiger partial charge in [-0.05, 0) is 36.2 Å². The Kier molecular flexibility index (Phi) is 2.76. The van der Waals surface area contributed by atoms with E-state index in [0.717, 1.165) is 22.1 Å². The molecule has 0 atom stereocenters. The van der Waals surface area contributed by atoms with Gasteiger partial charge in [-0.15, -0.1) is 0 Å². The van der Waals surface area contributed by atoms with E-state index in [2.05, 4.69) is 10.1 Å². The van der Waals surface area contributed by atoms with Gasteiger partial charge in [-0.25, -0.2) is 9.50 Å². The molecule has 2 heterocycles. The summed E-state index contributed by atoms with van der Waals surface area (Å²) in [5, 5.41) is 5.20. The standard InChI is InChI=1S/C14H12ClN3/c1-10-5-6-14-16-13(17-18(14)9-10)8-11-3-2-4-12(15)7-11/h2-7,9H,8H2,1H3. The molecule has 1 aromatic carbocycles. The van der Waals surface area contributed by atoms with E-state index in [-0.39, 0.29) is 0 Å². The fourth-order valence-corrected chi connectivity index (χ4v) is 2.15. The third-order valence-corrected chi connectivity index (χ3v) is 3.01. The van der Waals surface area contributed by atoms with E-state index in [4.69, 9.17) is 11.6 Å². The molecule has 0 saturated carbocycles.